The Morgan fingerprint density at radius 1 is 1.42 bits per heavy atom. The molecule has 0 aliphatic carbocycles. The summed E-state index contributed by atoms with van der Waals surface area (Å²) in [5.41, 5.74) is 1.10. The largest absolute Gasteiger partial charge is 0.296 e. The van der Waals surface area contributed by atoms with Gasteiger partial charge in [-0.3, -0.25) is 4.90 Å². The summed E-state index contributed by atoms with van der Waals surface area (Å²) in [4.78, 5) is 2.40. The second-order valence-electron chi connectivity index (χ2n) is 5.33. The maximum atomic E-state index is 13.9. The molecule has 1 aliphatic heterocycles. The average Bonchev–Trinajstić information content (AvgIpc) is 2.43. The summed E-state index contributed by atoms with van der Waals surface area (Å²) in [6, 6.07) is 7.37. The molecule has 0 bridgehead atoms. The fraction of sp³-hybridized carbons (Fsp3) is 0.562. The fourth-order valence-corrected chi connectivity index (χ4v) is 2.89. The van der Waals surface area contributed by atoms with Crippen molar-refractivity contribution < 1.29 is 4.39 Å². The Labute approximate surface area is 114 Å². The molecule has 0 amide bonds. The van der Waals surface area contributed by atoms with Gasteiger partial charge in [-0.25, -0.2) is 4.39 Å². The van der Waals surface area contributed by atoms with Gasteiger partial charge in [-0.2, -0.15) is 5.26 Å². The molecule has 1 unspecified atom stereocenters. The Hall–Kier alpha value is -1.40. The highest BCUT2D eigenvalue weighted by atomic mass is 19.1. The molecule has 0 spiro atoms. The third-order valence-corrected chi connectivity index (χ3v) is 3.93. The molecule has 1 atom stereocenters. The quantitative estimate of drug-likeness (QED) is 0.822. The van der Waals surface area contributed by atoms with E-state index in [9.17, 15) is 4.39 Å². The summed E-state index contributed by atoms with van der Waals surface area (Å²) in [5, 5.41) is 8.76. The summed E-state index contributed by atoms with van der Waals surface area (Å²) in [6.45, 7) is 3.93. The standard InChI is InChI=1S/C16H21FN2/c1-2-5-15-6-3-4-9-19(15)12-14-8-7-13(11-18)10-16(14)17/h7-8,10,15H,2-6,9,12H2,1H3. The van der Waals surface area contributed by atoms with Crippen molar-refractivity contribution in [3.63, 3.8) is 0 Å². The second kappa shape index (κ2) is 6.68. The third kappa shape index (κ3) is 3.54. The molecule has 1 saturated heterocycles. The van der Waals surface area contributed by atoms with Crippen LogP contribution in [0.25, 0.3) is 0 Å². The molecule has 2 nitrogen and oxygen atoms in total. The van der Waals surface area contributed by atoms with Crippen LogP contribution in [-0.2, 0) is 6.54 Å². The van der Waals surface area contributed by atoms with Gasteiger partial charge in [0.1, 0.15) is 5.82 Å². The summed E-state index contributed by atoms with van der Waals surface area (Å²) < 4.78 is 13.9. The van der Waals surface area contributed by atoms with Crippen LogP contribution >= 0.6 is 0 Å². The number of benzene rings is 1. The molecule has 0 radical (unpaired) electrons. The molecule has 3 heteroatoms. The van der Waals surface area contributed by atoms with Crippen LogP contribution in [0.1, 0.15) is 50.2 Å². The third-order valence-electron chi connectivity index (χ3n) is 3.93. The molecule has 2 rings (SSSR count). The first-order valence-corrected chi connectivity index (χ1v) is 7.17. The SMILES string of the molecule is CCCC1CCCCN1Cc1ccc(C#N)cc1F. The number of likely N-dealkylation sites (tertiary alicyclic amines) is 1. The number of halogens is 1. The Morgan fingerprint density at radius 2 is 2.26 bits per heavy atom. The number of nitriles is 1. The average molecular weight is 260 g/mol. The molecule has 1 aromatic rings. The highest BCUT2D eigenvalue weighted by Gasteiger charge is 2.22. The van der Waals surface area contributed by atoms with Gasteiger partial charge in [0.05, 0.1) is 11.6 Å². The highest BCUT2D eigenvalue weighted by molar-refractivity contribution is 5.32. The molecular formula is C16H21FN2. The summed E-state index contributed by atoms with van der Waals surface area (Å²) >= 11 is 0. The van der Waals surface area contributed by atoms with E-state index < -0.39 is 0 Å². The van der Waals surface area contributed by atoms with Crippen molar-refractivity contribution in [3.05, 3.63) is 35.1 Å². The molecule has 1 aromatic carbocycles. The van der Waals surface area contributed by atoms with Crippen LogP contribution in [0, 0.1) is 17.1 Å². The number of hydrogen-bond donors (Lipinski definition) is 0. The number of hydrogen-bond acceptors (Lipinski definition) is 2. The van der Waals surface area contributed by atoms with E-state index in [0.29, 0.717) is 23.7 Å². The van der Waals surface area contributed by atoms with Gasteiger partial charge in [0.25, 0.3) is 0 Å². The zero-order valence-electron chi connectivity index (χ0n) is 11.5. The van der Waals surface area contributed by atoms with E-state index >= 15 is 0 Å². The first-order valence-electron chi connectivity index (χ1n) is 7.17. The van der Waals surface area contributed by atoms with E-state index in [2.05, 4.69) is 11.8 Å². The summed E-state index contributed by atoms with van der Waals surface area (Å²) in [6.07, 6.45) is 6.09. The van der Waals surface area contributed by atoms with Crippen molar-refractivity contribution in [2.45, 2.75) is 51.6 Å². The van der Waals surface area contributed by atoms with Gasteiger partial charge in [0.2, 0.25) is 0 Å². The molecule has 0 N–H and O–H groups in total. The second-order valence-corrected chi connectivity index (χ2v) is 5.33. The van der Waals surface area contributed by atoms with Gasteiger partial charge in [-0.05, 0) is 37.9 Å². The van der Waals surface area contributed by atoms with Crippen molar-refractivity contribution in [3.8, 4) is 6.07 Å². The fourth-order valence-electron chi connectivity index (χ4n) is 2.89. The van der Waals surface area contributed by atoms with Crippen LogP contribution in [-0.4, -0.2) is 17.5 Å². The molecule has 19 heavy (non-hydrogen) atoms. The monoisotopic (exact) mass is 260 g/mol. The van der Waals surface area contributed by atoms with E-state index in [0.717, 1.165) is 6.54 Å². The predicted octanol–water partition coefficient (Wildman–Crippen LogP) is 3.85. The van der Waals surface area contributed by atoms with Gasteiger partial charge in [0, 0.05) is 18.2 Å². The minimum absolute atomic E-state index is 0.250. The van der Waals surface area contributed by atoms with E-state index in [4.69, 9.17) is 5.26 Å². The lowest BCUT2D eigenvalue weighted by Gasteiger charge is -2.35. The summed E-state index contributed by atoms with van der Waals surface area (Å²) in [7, 11) is 0. The first kappa shape index (κ1) is 14.0. The van der Waals surface area contributed by atoms with Gasteiger partial charge < -0.3 is 0 Å². The van der Waals surface area contributed by atoms with Crippen LogP contribution in [0.2, 0.25) is 0 Å². The summed E-state index contributed by atoms with van der Waals surface area (Å²) in [5.74, 6) is -0.250. The minimum Gasteiger partial charge on any atom is -0.296 e. The van der Waals surface area contributed by atoms with E-state index in [1.165, 1.54) is 38.2 Å². The van der Waals surface area contributed by atoms with Gasteiger partial charge in [-0.1, -0.05) is 25.8 Å². The zero-order valence-corrected chi connectivity index (χ0v) is 11.5. The van der Waals surface area contributed by atoms with Crippen molar-refractivity contribution in [1.29, 1.82) is 5.26 Å². The van der Waals surface area contributed by atoms with Crippen molar-refractivity contribution in [2.24, 2.45) is 0 Å². The van der Waals surface area contributed by atoms with Crippen LogP contribution in [0.3, 0.4) is 0 Å². The van der Waals surface area contributed by atoms with E-state index in [-0.39, 0.29) is 5.82 Å². The first-order chi connectivity index (χ1) is 9.24. The van der Waals surface area contributed by atoms with Crippen LogP contribution < -0.4 is 0 Å². The predicted molar refractivity (Wildman–Crippen MR) is 74.1 cm³/mol. The van der Waals surface area contributed by atoms with Crippen LogP contribution in [0.4, 0.5) is 4.39 Å². The van der Waals surface area contributed by atoms with E-state index in [1.807, 2.05) is 6.07 Å². The molecule has 1 heterocycles. The Balaban J connectivity index is 2.08. The number of piperidine rings is 1. The molecule has 1 aliphatic rings. The smallest absolute Gasteiger partial charge is 0.129 e. The number of nitrogens with zero attached hydrogens (tertiary/aromatic N) is 2. The normalized spacial score (nSPS) is 20.2. The Morgan fingerprint density at radius 3 is 2.95 bits per heavy atom. The lowest BCUT2D eigenvalue weighted by Crippen LogP contribution is -2.39. The Bertz CT molecular complexity index is 462. The lowest BCUT2D eigenvalue weighted by atomic mass is 9.97. The highest BCUT2D eigenvalue weighted by Crippen LogP contribution is 2.23. The van der Waals surface area contributed by atoms with Crippen molar-refractivity contribution >= 4 is 0 Å². The molecule has 0 aromatic heterocycles. The van der Waals surface area contributed by atoms with Gasteiger partial charge in [0.15, 0.2) is 0 Å². The molecule has 102 valence electrons. The minimum atomic E-state index is -0.250. The zero-order chi connectivity index (χ0) is 13.7. The van der Waals surface area contributed by atoms with Crippen molar-refractivity contribution in [1.82, 2.24) is 4.90 Å². The molecule has 0 saturated carbocycles. The maximum Gasteiger partial charge on any atom is 0.129 e. The van der Waals surface area contributed by atoms with Crippen LogP contribution in [0.15, 0.2) is 18.2 Å². The van der Waals surface area contributed by atoms with Gasteiger partial charge in [-0.15, -0.1) is 0 Å². The number of rotatable bonds is 4. The maximum absolute atomic E-state index is 13.9. The Kier molecular flexibility index (Phi) is 4.93. The van der Waals surface area contributed by atoms with Crippen LogP contribution in [0.5, 0.6) is 0 Å². The van der Waals surface area contributed by atoms with E-state index in [1.54, 1.807) is 12.1 Å². The molecular weight excluding hydrogens is 239 g/mol. The van der Waals surface area contributed by atoms with Crippen molar-refractivity contribution in [2.75, 3.05) is 6.54 Å². The molecule has 1 fully saturated rings. The van der Waals surface area contributed by atoms with Gasteiger partial charge >= 0.3 is 0 Å². The lowest BCUT2D eigenvalue weighted by molar-refractivity contribution is 0.130. The topological polar surface area (TPSA) is 27.0 Å².